The van der Waals surface area contributed by atoms with Crippen LogP contribution in [0.15, 0.2) is 24.3 Å². The zero-order valence-electron chi connectivity index (χ0n) is 12.6. The molecule has 0 heterocycles. The second-order valence-electron chi connectivity index (χ2n) is 5.99. The summed E-state index contributed by atoms with van der Waals surface area (Å²) in [6, 6.07) is 8.01. The van der Waals surface area contributed by atoms with E-state index in [1.807, 2.05) is 38.2 Å². The predicted octanol–water partition coefficient (Wildman–Crippen LogP) is 3.11. The molecule has 0 aliphatic rings. The van der Waals surface area contributed by atoms with Crippen LogP contribution in [0.2, 0.25) is 0 Å². The predicted molar refractivity (Wildman–Crippen MR) is 81.3 cm³/mol. The standard InChI is InChI=1S/C16H26N2O/c1-13-6-5-7-14(12-13)18(4)15(19)8-9-16(2,3)10-11-17/h5-7,12H,8-11,17H2,1-4H3. The number of anilines is 1. The fraction of sp³-hybridized carbons (Fsp3) is 0.562. The van der Waals surface area contributed by atoms with Crippen LogP contribution in [0, 0.1) is 12.3 Å². The summed E-state index contributed by atoms with van der Waals surface area (Å²) in [7, 11) is 1.84. The first-order valence-corrected chi connectivity index (χ1v) is 6.89. The molecule has 1 amide bonds. The Labute approximate surface area is 116 Å². The smallest absolute Gasteiger partial charge is 0.226 e. The highest BCUT2D eigenvalue weighted by Gasteiger charge is 2.20. The maximum absolute atomic E-state index is 12.2. The summed E-state index contributed by atoms with van der Waals surface area (Å²) in [5, 5.41) is 0. The summed E-state index contributed by atoms with van der Waals surface area (Å²) < 4.78 is 0. The molecule has 0 unspecified atom stereocenters. The molecule has 106 valence electrons. The van der Waals surface area contributed by atoms with Gasteiger partial charge in [0.15, 0.2) is 0 Å². The number of nitrogens with zero attached hydrogens (tertiary/aromatic N) is 1. The third-order valence-electron chi connectivity index (χ3n) is 3.60. The molecule has 0 saturated heterocycles. The Hall–Kier alpha value is -1.35. The highest BCUT2D eigenvalue weighted by molar-refractivity contribution is 5.92. The summed E-state index contributed by atoms with van der Waals surface area (Å²) in [6.45, 7) is 7.04. The molecule has 19 heavy (non-hydrogen) atoms. The lowest BCUT2D eigenvalue weighted by atomic mass is 9.84. The van der Waals surface area contributed by atoms with Crippen molar-refractivity contribution in [3.05, 3.63) is 29.8 Å². The van der Waals surface area contributed by atoms with Crippen LogP contribution in [0.4, 0.5) is 5.69 Å². The number of carbonyl (C=O) groups is 1. The van der Waals surface area contributed by atoms with Crippen molar-refractivity contribution in [3.8, 4) is 0 Å². The maximum Gasteiger partial charge on any atom is 0.226 e. The molecule has 0 radical (unpaired) electrons. The minimum atomic E-state index is 0.137. The Kier molecular flexibility index (Phi) is 5.55. The van der Waals surface area contributed by atoms with Crippen LogP contribution in [0.3, 0.4) is 0 Å². The Morgan fingerprint density at radius 2 is 2.00 bits per heavy atom. The molecule has 3 heteroatoms. The number of hydrogen-bond donors (Lipinski definition) is 1. The molecular formula is C16H26N2O. The van der Waals surface area contributed by atoms with Crippen molar-refractivity contribution in [2.45, 2.75) is 40.0 Å². The SMILES string of the molecule is Cc1cccc(N(C)C(=O)CCC(C)(C)CCN)c1. The lowest BCUT2D eigenvalue weighted by molar-refractivity contribution is -0.118. The third-order valence-corrected chi connectivity index (χ3v) is 3.60. The van der Waals surface area contributed by atoms with Crippen molar-refractivity contribution in [1.29, 1.82) is 0 Å². The molecule has 1 aromatic rings. The Morgan fingerprint density at radius 3 is 2.58 bits per heavy atom. The van der Waals surface area contributed by atoms with Gasteiger partial charge in [0.2, 0.25) is 5.91 Å². The molecule has 3 nitrogen and oxygen atoms in total. The van der Waals surface area contributed by atoms with Gasteiger partial charge in [-0.05, 0) is 49.4 Å². The molecule has 0 bridgehead atoms. The third kappa shape index (κ3) is 5.03. The number of benzene rings is 1. The molecule has 1 aromatic carbocycles. The highest BCUT2D eigenvalue weighted by atomic mass is 16.2. The van der Waals surface area contributed by atoms with Crippen molar-refractivity contribution in [2.75, 3.05) is 18.5 Å². The van der Waals surface area contributed by atoms with Gasteiger partial charge < -0.3 is 10.6 Å². The fourth-order valence-electron chi connectivity index (χ4n) is 2.11. The van der Waals surface area contributed by atoms with Crippen LogP contribution in [-0.2, 0) is 4.79 Å². The van der Waals surface area contributed by atoms with Gasteiger partial charge >= 0.3 is 0 Å². The zero-order valence-corrected chi connectivity index (χ0v) is 12.6. The first-order chi connectivity index (χ1) is 8.85. The van der Waals surface area contributed by atoms with E-state index in [1.54, 1.807) is 4.90 Å². The quantitative estimate of drug-likeness (QED) is 0.856. The molecule has 0 atom stereocenters. The van der Waals surface area contributed by atoms with Gasteiger partial charge in [-0.1, -0.05) is 26.0 Å². The van der Waals surface area contributed by atoms with E-state index in [1.165, 1.54) is 5.56 Å². The summed E-state index contributed by atoms with van der Waals surface area (Å²) in [6.07, 6.45) is 2.39. The molecule has 0 fully saturated rings. The van der Waals surface area contributed by atoms with Crippen molar-refractivity contribution < 1.29 is 4.79 Å². The summed E-state index contributed by atoms with van der Waals surface area (Å²) in [5.41, 5.74) is 7.86. The second-order valence-corrected chi connectivity index (χ2v) is 5.99. The fourth-order valence-corrected chi connectivity index (χ4v) is 2.11. The van der Waals surface area contributed by atoms with E-state index in [0.29, 0.717) is 13.0 Å². The number of carbonyl (C=O) groups excluding carboxylic acids is 1. The first-order valence-electron chi connectivity index (χ1n) is 6.89. The number of rotatable bonds is 6. The monoisotopic (exact) mass is 262 g/mol. The molecule has 0 aliphatic heterocycles. The average molecular weight is 262 g/mol. The van der Waals surface area contributed by atoms with Gasteiger partial charge in [-0.2, -0.15) is 0 Å². The van der Waals surface area contributed by atoms with E-state index in [-0.39, 0.29) is 11.3 Å². The van der Waals surface area contributed by atoms with E-state index >= 15 is 0 Å². The minimum Gasteiger partial charge on any atom is -0.330 e. The Bertz CT molecular complexity index is 427. The van der Waals surface area contributed by atoms with E-state index < -0.39 is 0 Å². The molecule has 0 saturated carbocycles. The van der Waals surface area contributed by atoms with Gasteiger partial charge in [-0.25, -0.2) is 0 Å². The number of hydrogen-bond acceptors (Lipinski definition) is 2. The molecule has 0 aliphatic carbocycles. The summed E-state index contributed by atoms with van der Waals surface area (Å²) in [4.78, 5) is 13.9. The van der Waals surface area contributed by atoms with Crippen LogP contribution in [0.25, 0.3) is 0 Å². The Balaban J connectivity index is 2.59. The van der Waals surface area contributed by atoms with Crippen LogP contribution < -0.4 is 10.6 Å². The number of nitrogens with two attached hydrogens (primary N) is 1. The minimum absolute atomic E-state index is 0.137. The lowest BCUT2D eigenvalue weighted by Gasteiger charge is -2.25. The van der Waals surface area contributed by atoms with Crippen LogP contribution in [-0.4, -0.2) is 19.5 Å². The molecular weight excluding hydrogens is 236 g/mol. The van der Waals surface area contributed by atoms with Gasteiger partial charge in [0.05, 0.1) is 0 Å². The molecule has 2 N–H and O–H groups in total. The van der Waals surface area contributed by atoms with Crippen molar-refractivity contribution >= 4 is 11.6 Å². The van der Waals surface area contributed by atoms with Gasteiger partial charge in [-0.15, -0.1) is 0 Å². The van der Waals surface area contributed by atoms with E-state index in [4.69, 9.17) is 5.73 Å². The topological polar surface area (TPSA) is 46.3 Å². The van der Waals surface area contributed by atoms with Crippen LogP contribution >= 0.6 is 0 Å². The normalized spacial score (nSPS) is 11.4. The number of amides is 1. The summed E-state index contributed by atoms with van der Waals surface area (Å²) >= 11 is 0. The van der Waals surface area contributed by atoms with Gasteiger partial charge in [0.1, 0.15) is 0 Å². The largest absolute Gasteiger partial charge is 0.330 e. The molecule has 1 rings (SSSR count). The molecule has 0 aromatic heterocycles. The summed E-state index contributed by atoms with van der Waals surface area (Å²) in [5.74, 6) is 0.163. The number of aryl methyl sites for hydroxylation is 1. The van der Waals surface area contributed by atoms with Gasteiger partial charge in [0.25, 0.3) is 0 Å². The van der Waals surface area contributed by atoms with Crippen LogP contribution in [0.5, 0.6) is 0 Å². The van der Waals surface area contributed by atoms with Gasteiger partial charge in [0, 0.05) is 19.2 Å². The van der Waals surface area contributed by atoms with Gasteiger partial charge in [-0.3, -0.25) is 4.79 Å². The van der Waals surface area contributed by atoms with Crippen molar-refractivity contribution in [1.82, 2.24) is 0 Å². The first kappa shape index (κ1) is 15.7. The van der Waals surface area contributed by atoms with Crippen molar-refractivity contribution in [3.63, 3.8) is 0 Å². The van der Waals surface area contributed by atoms with E-state index in [2.05, 4.69) is 13.8 Å². The second kappa shape index (κ2) is 6.71. The lowest BCUT2D eigenvalue weighted by Crippen LogP contribution is -2.28. The van der Waals surface area contributed by atoms with Crippen molar-refractivity contribution in [2.24, 2.45) is 11.1 Å². The average Bonchev–Trinajstić information content (AvgIpc) is 2.35. The Morgan fingerprint density at radius 1 is 1.32 bits per heavy atom. The maximum atomic E-state index is 12.2. The van der Waals surface area contributed by atoms with Crippen LogP contribution in [0.1, 0.15) is 38.7 Å². The van der Waals surface area contributed by atoms with E-state index in [9.17, 15) is 4.79 Å². The molecule has 0 spiro atoms. The highest BCUT2D eigenvalue weighted by Crippen LogP contribution is 2.26. The van der Waals surface area contributed by atoms with E-state index in [0.717, 1.165) is 18.5 Å². The zero-order chi connectivity index (χ0) is 14.5.